The molecule has 1 heteroatoms. The lowest BCUT2D eigenvalue weighted by molar-refractivity contribution is 0.228. The third-order valence-corrected chi connectivity index (χ3v) is 4.98. The molecule has 1 aliphatic carbocycles. The molecule has 0 radical (unpaired) electrons. The van der Waals surface area contributed by atoms with E-state index in [-0.39, 0.29) is 0 Å². The minimum absolute atomic E-state index is 0.756. The minimum atomic E-state index is 0.756. The molecule has 0 saturated heterocycles. The number of rotatable bonds is 4. The molecule has 19 heavy (non-hydrogen) atoms. The van der Waals surface area contributed by atoms with Crippen LogP contribution in [0.5, 0.6) is 0 Å². The van der Waals surface area contributed by atoms with E-state index in [1.807, 2.05) is 0 Å². The van der Waals surface area contributed by atoms with Crippen molar-refractivity contribution >= 4 is 0 Å². The Labute approximate surface area is 118 Å². The van der Waals surface area contributed by atoms with Gasteiger partial charge < -0.3 is 5.32 Å². The normalized spacial score (nSPS) is 27.5. The van der Waals surface area contributed by atoms with Gasteiger partial charge in [-0.2, -0.15) is 0 Å². The summed E-state index contributed by atoms with van der Waals surface area (Å²) in [6.07, 6.45) is 5.53. The molecular formula is C18H29N. The van der Waals surface area contributed by atoms with Crippen LogP contribution in [-0.2, 0) is 0 Å². The van der Waals surface area contributed by atoms with Crippen LogP contribution >= 0.6 is 0 Å². The average molecular weight is 259 g/mol. The van der Waals surface area contributed by atoms with Crippen molar-refractivity contribution in [2.45, 2.75) is 52.4 Å². The van der Waals surface area contributed by atoms with Crippen molar-refractivity contribution in [3.63, 3.8) is 0 Å². The zero-order valence-electron chi connectivity index (χ0n) is 13.0. The van der Waals surface area contributed by atoms with E-state index in [2.05, 4.69) is 51.3 Å². The molecule has 0 heterocycles. The van der Waals surface area contributed by atoms with Crippen molar-refractivity contribution in [1.29, 1.82) is 0 Å². The fraction of sp³-hybridized carbons (Fsp3) is 0.667. The predicted molar refractivity (Wildman–Crippen MR) is 83.7 cm³/mol. The van der Waals surface area contributed by atoms with Gasteiger partial charge in [-0.25, -0.2) is 0 Å². The fourth-order valence-corrected chi connectivity index (χ4v) is 3.74. The highest BCUT2D eigenvalue weighted by atomic mass is 14.8. The van der Waals surface area contributed by atoms with Gasteiger partial charge in [0, 0.05) is 0 Å². The highest BCUT2D eigenvalue weighted by Crippen LogP contribution is 2.42. The van der Waals surface area contributed by atoms with Gasteiger partial charge in [0.05, 0.1) is 0 Å². The van der Waals surface area contributed by atoms with Gasteiger partial charge in [0.1, 0.15) is 0 Å². The Balaban J connectivity index is 2.27. The van der Waals surface area contributed by atoms with E-state index in [0.29, 0.717) is 0 Å². The topological polar surface area (TPSA) is 12.0 Å². The van der Waals surface area contributed by atoms with Crippen molar-refractivity contribution < 1.29 is 0 Å². The first-order chi connectivity index (χ1) is 9.15. The second-order valence-corrected chi connectivity index (χ2v) is 6.37. The Hall–Kier alpha value is -0.820. The summed E-state index contributed by atoms with van der Waals surface area (Å²) >= 11 is 0. The van der Waals surface area contributed by atoms with Crippen LogP contribution in [0.3, 0.4) is 0 Å². The molecule has 0 aliphatic heterocycles. The quantitative estimate of drug-likeness (QED) is 0.843. The van der Waals surface area contributed by atoms with E-state index in [4.69, 9.17) is 0 Å². The summed E-state index contributed by atoms with van der Waals surface area (Å²) in [6, 6.07) is 6.98. The number of nitrogens with one attached hydrogen (secondary N) is 1. The molecule has 3 unspecified atom stereocenters. The van der Waals surface area contributed by atoms with Crippen LogP contribution in [0.25, 0.3) is 0 Å². The standard InChI is InChI=1S/C18H29N/c1-5-15-8-9-16(12-19-4)18(11-15)17-10-13(2)6-7-14(17)3/h6-7,10,15-16,18-19H,5,8-9,11-12H2,1-4H3. The van der Waals surface area contributed by atoms with Gasteiger partial charge >= 0.3 is 0 Å². The molecule has 1 aromatic rings. The molecule has 3 atom stereocenters. The molecule has 0 amide bonds. The molecule has 1 N–H and O–H groups in total. The molecule has 106 valence electrons. The first-order valence-corrected chi connectivity index (χ1v) is 7.87. The van der Waals surface area contributed by atoms with Gasteiger partial charge in [0.25, 0.3) is 0 Å². The van der Waals surface area contributed by atoms with Crippen molar-refractivity contribution in [1.82, 2.24) is 5.32 Å². The summed E-state index contributed by atoms with van der Waals surface area (Å²) in [5.41, 5.74) is 4.49. The molecule has 2 rings (SSSR count). The fourth-order valence-electron chi connectivity index (χ4n) is 3.74. The molecule has 0 spiro atoms. The number of benzene rings is 1. The summed E-state index contributed by atoms with van der Waals surface area (Å²) < 4.78 is 0. The molecule has 0 aromatic heterocycles. The predicted octanol–water partition coefficient (Wildman–Crippen LogP) is 4.43. The largest absolute Gasteiger partial charge is 0.319 e. The highest BCUT2D eigenvalue weighted by Gasteiger charge is 2.31. The highest BCUT2D eigenvalue weighted by molar-refractivity contribution is 5.34. The van der Waals surface area contributed by atoms with E-state index in [1.165, 1.54) is 36.8 Å². The Morgan fingerprint density at radius 1 is 1.21 bits per heavy atom. The maximum Gasteiger partial charge on any atom is -0.00177 e. The molecule has 0 bridgehead atoms. The van der Waals surface area contributed by atoms with Crippen molar-refractivity contribution in [3.8, 4) is 0 Å². The Morgan fingerprint density at radius 3 is 2.68 bits per heavy atom. The minimum Gasteiger partial charge on any atom is -0.319 e. The van der Waals surface area contributed by atoms with Gasteiger partial charge in [-0.15, -0.1) is 0 Å². The SMILES string of the molecule is CCC1CCC(CNC)C(c2cc(C)ccc2C)C1. The second kappa shape index (κ2) is 6.56. The Morgan fingerprint density at radius 2 is 2.00 bits per heavy atom. The Kier molecular flexibility index (Phi) is 5.04. The first kappa shape index (κ1) is 14.6. The molecule has 1 aromatic carbocycles. The van der Waals surface area contributed by atoms with Crippen LogP contribution in [0.2, 0.25) is 0 Å². The van der Waals surface area contributed by atoms with E-state index in [0.717, 1.165) is 24.3 Å². The smallest absolute Gasteiger partial charge is 0.00177 e. The van der Waals surface area contributed by atoms with Crippen LogP contribution in [-0.4, -0.2) is 13.6 Å². The van der Waals surface area contributed by atoms with Crippen LogP contribution in [0.1, 0.15) is 55.2 Å². The maximum absolute atomic E-state index is 3.40. The lowest BCUT2D eigenvalue weighted by atomic mass is 9.69. The van der Waals surface area contributed by atoms with Gasteiger partial charge in [0.2, 0.25) is 0 Å². The summed E-state index contributed by atoms with van der Waals surface area (Å²) in [4.78, 5) is 0. The van der Waals surface area contributed by atoms with Gasteiger partial charge in [-0.3, -0.25) is 0 Å². The third kappa shape index (κ3) is 3.39. The van der Waals surface area contributed by atoms with Crippen LogP contribution < -0.4 is 5.32 Å². The average Bonchev–Trinajstić information content (AvgIpc) is 2.42. The monoisotopic (exact) mass is 259 g/mol. The zero-order chi connectivity index (χ0) is 13.8. The second-order valence-electron chi connectivity index (χ2n) is 6.37. The number of hydrogen-bond donors (Lipinski definition) is 1. The third-order valence-electron chi connectivity index (χ3n) is 4.98. The summed E-state index contributed by atoms with van der Waals surface area (Å²) in [5.74, 6) is 2.50. The van der Waals surface area contributed by atoms with Crippen LogP contribution in [0.15, 0.2) is 18.2 Å². The first-order valence-electron chi connectivity index (χ1n) is 7.87. The van der Waals surface area contributed by atoms with Crippen LogP contribution in [0.4, 0.5) is 0 Å². The lowest BCUT2D eigenvalue weighted by Gasteiger charge is -2.37. The van der Waals surface area contributed by atoms with Crippen molar-refractivity contribution in [3.05, 3.63) is 34.9 Å². The summed E-state index contributed by atoms with van der Waals surface area (Å²) in [6.45, 7) is 8.01. The van der Waals surface area contributed by atoms with Crippen molar-refractivity contribution in [2.75, 3.05) is 13.6 Å². The molecule has 1 saturated carbocycles. The molecule has 1 nitrogen and oxygen atoms in total. The van der Waals surface area contributed by atoms with Crippen LogP contribution in [0, 0.1) is 25.7 Å². The van der Waals surface area contributed by atoms with Gasteiger partial charge in [-0.05, 0) is 69.2 Å². The van der Waals surface area contributed by atoms with E-state index in [9.17, 15) is 0 Å². The van der Waals surface area contributed by atoms with Gasteiger partial charge in [0.15, 0.2) is 0 Å². The van der Waals surface area contributed by atoms with E-state index >= 15 is 0 Å². The summed E-state index contributed by atoms with van der Waals surface area (Å²) in [7, 11) is 2.09. The maximum atomic E-state index is 3.40. The van der Waals surface area contributed by atoms with Gasteiger partial charge in [-0.1, -0.05) is 43.5 Å². The molecule has 1 aliphatic rings. The molecular weight excluding hydrogens is 230 g/mol. The van der Waals surface area contributed by atoms with E-state index in [1.54, 1.807) is 5.56 Å². The summed E-state index contributed by atoms with van der Waals surface area (Å²) in [5, 5.41) is 3.40. The van der Waals surface area contributed by atoms with E-state index < -0.39 is 0 Å². The number of aryl methyl sites for hydroxylation is 2. The number of hydrogen-bond acceptors (Lipinski definition) is 1. The van der Waals surface area contributed by atoms with Crippen molar-refractivity contribution in [2.24, 2.45) is 11.8 Å². The Bertz CT molecular complexity index is 410. The lowest BCUT2D eigenvalue weighted by Crippen LogP contribution is -2.30. The molecule has 1 fully saturated rings. The zero-order valence-corrected chi connectivity index (χ0v) is 13.0.